The van der Waals surface area contributed by atoms with Gasteiger partial charge < -0.3 is 15.1 Å². The molecular weight excluding hydrogens is 470 g/mol. The van der Waals surface area contributed by atoms with E-state index < -0.39 is 0 Å². The minimum atomic E-state index is -0.205. The standard InChI is InChI=1S/C21H23FN4O.HI/c1-14-4-8-17(9-5-14)20-26-18(13-27-20)12-25-21(23-3)24-11-16-7-6-15(2)19(22)10-16;/h4-10,13H,11-12H2,1-3H3,(H2,23,24,25);1H. The maximum absolute atomic E-state index is 13.6. The molecule has 5 nitrogen and oxygen atoms in total. The predicted octanol–water partition coefficient (Wildman–Crippen LogP) is 4.58. The Kier molecular flexibility index (Phi) is 7.98. The summed E-state index contributed by atoms with van der Waals surface area (Å²) in [5.74, 6) is 0.990. The van der Waals surface area contributed by atoms with Gasteiger partial charge in [0.05, 0.1) is 12.2 Å². The number of nitrogens with zero attached hydrogens (tertiary/aromatic N) is 2. The van der Waals surface area contributed by atoms with Crippen molar-refractivity contribution in [2.45, 2.75) is 26.9 Å². The highest BCUT2D eigenvalue weighted by atomic mass is 127. The summed E-state index contributed by atoms with van der Waals surface area (Å²) in [4.78, 5) is 8.67. The smallest absolute Gasteiger partial charge is 0.226 e. The van der Waals surface area contributed by atoms with Gasteiger partial charge in [-0.05, 0) is 43.2 Å². The number of nitrogens with one attached hydrogen (secondary N) is 2. The van der Waals surface area contributed by atoms with E-state index in [2.05, 4.69) is 20.6 Å². The maximum atomic E-state index is 13.6. The molecule has 2 N–H and O–H groups in total. The lowest BCUT2D eigenvalue weighted by atomic mass is 10.1. The summed E-state index contributed by atoms with van der Waals surface area (Å²) in [6.45, 7) is 4.73. The van der Waals surface area contributed by atoms with Crippen molar-refractivity contribution in [2.75, 3.05) is 7.05 Å². The average molecular weight is 494 g/mol. The lowest BCUT2D eigenvalue weighted by Crippen LogP contribution is -2.36. The number of aromatic nitrogens is 1. The van der Waals surface area contributed by atoms with E-state index in [4.69, 9.17) is 4.42 Å². The molecule has 0 saturated heterocycles. The van der Waals surface area contributed by atoms with E-state index in [0.717, 1.165) is 16.8 Å². The van der Waals surface area contributed by atoms with Crippen LogP contribution in [0.5, 0.6) is 0 Å². The number of hydrogen-bond donors (Lipinski definition) is 2. The molecule has 2 aromatic carbocycles. The zero-order valence-electron chi connectivity index (χ0n) is 16.1. The van der Waals surface area contributed by atoms with Crippen LogP contribution in [0.15, 0.2) is 58.1 Å². The van der Waals surface area contributed by atoms with Crippen LogP contribution >= 0.6 is 24.0 Å². The van der Waals surface area contributed by atoms with E-state index in [1.165, 1.54) is 11.6 Å². The number of rotatable bonds is 5. The van der Waals surface area contributed by atoms with Crippen molar-refractivity contribution in [3.05, 3.63) is 76.9 Å². The van der Waals surface area contributed by atoms with Gasteiger partial charge in [0.25, 0.3) is 0 Å². The molecule has 3 rings (SSSR count). The minimum Gasteiger partial charge on any atom is -0.444 e. The Morgan fingerprint density at radius 2 is 1.79 bits per heavy atom. The molecule has 0 fully saturated rings. The summed E-state index contributed by atoms with van der Waals surface area (Å²) < 4.78 is 19.2. The summed E-state index contributed by atoms with van der Waals surface area (Å²) in [7, 11) is 1.69. The molecule has 148 valence electrons. The second-order valence-electron chi connectivity index (χ2n) is 6.37. The molecule has 0 atom stereocenters. The number of benzene rings is 2. The second kappa shape index (κ2) is 10.2. The van der Waals surface area contributed by atoms with Gasteiger partial charge in [0.1, 0.15) is 12.1 Å². The highest BCUT2D eigenvalue weighted by Gasteiger charge is 2.07. The van der Waals surface area contributed by atoms with Crippen LogP contribution in [0.1, 0.15) is 22.4 Å². The largest absolute Gasteiger partial charge is 0.444 e. The van der Waals surface area contributed by atoms with Gasteiger partial charge in [-0.15, -0.1) is 24.0 Å². The van der Waals surface area contributed by atoms with Crippen molar-refractivity contribution in [3.63, 3.8) is 0 Å². The van der Waals surface area contributed by atoms with Crippen molar-refractivity contribution in [1.82, 2.24) is 15.6 Å². The Balaban J connectivity index is 0.00000280. The molecule has 0 aliphatic carbocycles. The zero-order valence-corrected chi connectivity index (χ0v) is 18.5. The first kappa shape index (κ1) is 21.9. The van der Waals surface area contributed by atoms with Gasteiger partial charge in [-0.3, -0.25) is 4.99 Å². The molecule has 3 aromatic rings. The van der Waals surface area contributed by atoms with Gasteiger partial charge in [0.2, 0.25) is 5.89 Å². The third kappa shape index (κ3) is 5.79. The van der Waals surface area contributed by atoms with E-state index in [1.807, 2.05) is 37.3 Å². The number of oxazole rings is 1. The monoisotopic (exact) mass is 494 g/mol. The molecule has 1 aromatic heterocycles. The quantitative estimate of drug-likeness (QED) is 0.310. The molecule has 0 unspecified atom stereocenters. The molecule has 0 aliphatic heterocycles. The molecule has 0 radical (unpaired) electrons. The van der Waals surface area contributed by atoms with Gasteiger partial charge in [-0.2, -0.15) is 0 Å². The molecular formula is C21H24FIN4O. The summed E-state index contributed by atoms with van der Waals surface area (Å²) in [5.41, 5.74) is 4.39. The summed E-state index contributed by atoms with van der Waals surface area (Å²) in [6.07, 6.45) is 1.63. The van der Waals surface area contributed by atoms with Crippen LogP contribution in [-0.2, 0) is 13.1 Å². The maximum Gasteiger partial charge on any atom is 0.226 e. The van der Waals surface area contributed by atoms with E-state index in [0.29, 0.717) is 30.5 Å². The fraction of sp³-hybridized carbons (Fsp3) is 0.238. The van der Waals surface area contributed by atoms with Gasteiger partial charge in [-0.25, -0.2) is 9.37 Å². The first-order chi connectivity index (χ1) is 13.0. The SMILES string of the molecule is CN=C(NCc1ccc(C)c(F)c1)NCc1coc(-c2ccc(C)cc2)n1.I. The fourth-order valence-electron chi connectivity index (χ4n) is 2.54. The van der Waals surface area contributed by atoms with Crippen molar-refractivity contribution in [3.8, 4) is 11.5 Å². The Labute approximate surface area is 181 Å². The van der Waals surface area contributed by atoms with E-state index in [9.17, 15) is 4.39 Å². The Morgan fingerprint density at radius 3 is 2.46 bits per heavy atom. The first-order valence-corrected chi connectivity index (χ1v) is 8.76. The zero-order chi connectivity index (χ0) is 19.2. The van der Waals surface area contributed by atoms with Gasteiger partial charge in [-0.1, -0.05) is 29.8 Å². The number of hydrogen-bond acceptors (Lipinski definition) is 3. The summed E-state index contributed by atoms with van der Waals surface area (Å²) in [5, 5.41) is 6.34. The second-order valence-corrected chi connectivity index (χ2v) is 6.37. The summed E-state index contributed by atoms with van der Waals surface area (Å²) >= 11 is 0. The van der Waals surface area contributed by atoms with Gasteiger partial charge in [0.15, 0.2) is 5.96 Å². The van der Waals surface area contributed by atoms with Gasteiger partial charge in [0, 0.05) is 19.2 Å². The lowest BCUT2D eigenvalue weighted by molar-refractivity contribution is 0.572. The summed E-state index contributed by atoms with van der Waals surface area (Å²) in [6, 6.07) is 13.2. The number of aryl methyl sites for hydroxylation is 2. The topological polar surface area (TPSA) is 62.5 Å². The lowest BCUT2D eigenvalue weighted by Gasteiger charge is -2.11. The van der Waals surface area contributed by atoms with Crippen LogP contribution in [0, 0.1) is 19.7 Å². The highest BCUT2D eigenvalue weighted by Crippen LogP contribution is 2.19. The van der Waals surface area contributed by atoms with Crippen molar-refractivity contribution in [1.29, 1.82) is 0 Å². The van der Waals surface area contributed by atoms with Crippen molar-refractivity contribution >= 4 is 29.9 Å². The molecule has 7 heteroatoms. The molecule has 0 amide bonds. The molecule has 1 heterocycles. The Bertz CT molecular complexity index is 938. The van der Waals surface area contributed by atoms with Crippen molar-refractivity contribution < 1.29 is 8.81 Å². The Morgan fingerprint density at radius 1 is 1.07 bits per heavy atom. The number of aliphatic imine (C=N–C) groups is 1. The molecule has 0 bridgehead atoms. The van der Waals surface area contributed by atoms with Crippen LogP contribution in [0.25, 0.3) is 11.5 Å². The van der Waals surface area contributed by atoms with E-state index in [-0.39, 0.29) is 29.8 Å². The van der Waals surface area contributed by atoms with Crippen LogP contribution in [0.3, 0.4) is 0 Å². The average Bonchev–Trinajstić information content (AvgIpc) is 3.14. The molecule has 28 heavy (non-hydrogen) atoms. The van der Waals surface area contributed by atoms with E-state index in [1.54, 1.807) is 26.3 Å². The van der Waals surface area contributed by atoms with Crippen LogP contribution in [0.2, 0.25) is 0 Å². The predicted molar refractivity (Wildman–Crippen MR) is 120 cm³/mol. The van der Waals surface area contributed by atoms with Crippen LogP contribution < -0.4 is 10.6 Å². The normalized spacial score (nSPS) is 11.1. The van der Waals surface area contributed by atoms with Crippen molar-refractivity contribution in [2.24, 2.45) is 4.99 Å². The van der Waals surface area contributed by atoms with Gasteiger partial charge >= 0.3 is 0 Å². The highest BCUT2D eigenvalue weighted by molar-refractivity contribution is 14.0. The first-order valence-electron chi connectivity index (χ1n) is 8.76. The van der Waals surface area contributed by atoms with Crippen LogP contribution in [-0.4, -0.2) is 18.0 Å². The number of halogens is 2. The Hall–Kier alpha value is -2.42. The minimum absolute atomic E-state index is 0. The molecule has 0 spiro atoms. The van der Waals surface area contributed by atoms with Crippen LogP contribution in [0.4, 0.5) is 4.39 Å². The van der Waals surface area contributed by atoms with E-state index >= 15 is 0 Å². The third-order valence-corrected chi connectivity index (χ3v) is 4.21. The molecule has 0 saturated carbocycles. The molecule has 0 aliphatic rings. The fourth-order valence-corrected chi connectivity index (χ4v) is 2.54. The third-order valence-electron chi connectivity index (χ3n) is 4.21. The number of guanidine groups is 1.